The normalized spacial score (nSPS) is 24.4. The second-order valence-corrected chi connectivity index (χ2v) is 10.8. The van der Waals surface area contributed by atoms with Crippen LogP contribution >= 0.6 is 22.9 Å². The third kappa shape index (κ3) is 3.63. The molecule has 3 fully saturated rings. The fraction of sp³-hybridized carbons (Fsp3) is 0.400. The molecule has 3 aromatic rings. The molecule has 2 aromatic heterocycles. The lowest BCUT2D eigenvalue weighted by atomic mass is 9.69. The summed E-state index contributed by atoms with van der Waals surface area (Å²) in [6.07, 6.45) is 3.85. The van der Waals surface area contributed by atoms with Gasteiger partial charge in [-0.25, -0.2) is 0 Å². The number of aromatic nitrogens is 1. The number of thiophene rings is 1. The number of rotatable bonds is 5. The van der Waals surface area contributed by atoms with Crippen molar-refractivity contribution < 1.29 is 14.3 Å². The van der Waals surface area contributed by atoms with Crippen LogP contribution in [0.15, 0.2) is 30.5 Å². The number of hydrogen-bond donors (Lipinski definition) is 1. The van der Waals surface area contributed by atoms with Gasteiger partial charge in [-0.3, -0.25) is 19.5 Å². The Morgan fingerprint density at radius 1 is 1.15 bits per heavy atom. The first kappa shape index (κ1) is 21.1. The lowest BCUT2D eigenvalue weighted by molar-refractivity contribution is -0.138. The molecule has 1 aromatic carbocycles. The molecule has 0 radical (unpaired) electrons. The molecule has 2 saturated heterocycles. The van der Waals surface area contributed by atoms with Gasteiger partial charge in [0.25, 0.3) is 0 Å². The molecular formula is C25H24ClN3O3S. The number of halogens is 1. The predicted molar refractivity (Wildman–Crippen MR) is 128 cm³/mol. The number of pyridine rings is 1. The van der Waals surface area contributed by atoms with Gasteiger partial charge in [0.2, 0.25) is 11.8 Å². The van der Waals surface area contributed by atoms with Crippen molar-refractivity contribution in [3.63, 3.8) is 0 Å². The van der Waals surface area contributed by atoms with Crippen LogP contribution in [0.5, 0.6) is 5.75 Å². The number of benzene rings is 1. The highest BCUT2D eigenvalue weighted by molar-refractivity contribution is 7.19. The van der Waals surface area contributed by atoms with Crippen molar-refractivity contribution in [2.45, 2.75) is 38.8 Å². The van der Waals surface area contributed by atoms with E-state index in [4.69, 9.17) is 16.3 Å². The number of hydrogen-bond acceptors (Lipinski definition) is 6. The first-order valence-electron chi connectivity index (χ1n) is 11.4. The van der Waals surface area contributed by atoms with Gasteiger partial charge in [-0.05, 0) is 43.2 Å². The van der Waals surface area contributed by atoms with E-state index in [1.54, 1.807) is 17.5 Å². The highest BCUT2D eigenvalue weighted by atomic mass is 35.5. The van der Waals surface area contributed by atoms with Gasteiger partial charge in [0, 0.05) is 65.0 Å². The minimum atomic E-state index is -0.104. The molecule has 1 aliphatic carbocycles. The summed E-state index contributed by atoms with van der Waals surface area (Å²) in [5, 5.41) is 4.14. The zero-order valence-electron chi connectivity index (χ0n) is 18.3. The number of likely N-dealkylation sites (tertiary alicyclic amines) is 1. The zero-order chi connectivity index (χ0) is 22.7. The summed E-state index contributed by atoms with van der Waals surface area (Å²) < 4.78 is 7.68. The third-order valence-electron chi connectivity index (χ3n) is 7.06. The van der Waals surface area contributed by atoms with E-state index in [1.807, 2.05) is 31.2 Å². The molecule has 8 heteroatoms. The molecule has 2 unspecified atom stereocenters. The van der Waals surface area contributed by atoms with E-state index in [2.05, 4.69) is 10.3 Å². The molecule has 2 aliphatic heterocycles. The summed E-state index contributed by atoms with van der Waals surface area (Å²) in [6.45, 7) is 4.35. The standard InChI is InChI=1S/C25H24ClN3O3S/c1-13-6-16(26)8-19(23(13)32-24-14-7-15(24)11-27-10-14)18-4-5-28-20-9-17(33-25(18)20)12-29-21(30)2-3-22(29)31/h4-6,8-9,14-15,24,27H,2-3,7,10-12H2,1H3. The maximum Gasteiger partial charge on any atom is 0.230 e. The highest BCUT2D eigenvalue weighted by Crippen LogP contribution is 2.45. The van der Waals surface area contributed by atoms with Crippen LogP contribution in [0.3, 0.4) is 0 Å². The van der Waals surface area contributed by atoms with E-state index in [-0.39, 0.29) is 17.9 Å². The molecule has 6 rings (SSSR count). The van der Waals surface area contributed by atoms with Crippen molar-refractivity contribution in [2.75, 3.05) is 13.1 Å². The molecule has 6 nitrogen and oxygen atoms in total. The average molecular weight is 482 g/mol. The zero-order valence-corrected chi connectivity index (χ0v) is 19.8. The summed E-state index contributed by atoms with van der Waals surface area (Å²) in [5.41, 5.74) is 3.84. The van der Waals surface area contributed by atoms with Gasteiger partial charge in [0.15, 0.2) is 0 Å². The maximum atomic E-state index is 12.1. The summed E-state index contributed by atoms with van der Waals surface area (Å²) in [7, 11) is 0. The van der Waals surface area contributed by atoms with Crippen molar-refractivity contribution in [3.8, 4) is 16.9 Å². The Morgan fingerprint density at radius 2 is 1.91 bits per heavy atom. The predicted octanol–water partition coefficient (Wildman–Crippen LogP) is 4.56. The first-order chi connectivity index (χ1) is 16.0. The SMILES string of the molecule is Cc1cc(Cl)cc(-c2ccnc3cc(CN4C(=O)CCC4=O)sc23)c1OC1C2CNCC1C2. The molecule has 2 bridgehead atoms. The van der Waals surface area contributed by atoms with Crippen LogP contribution in [-0.4, -0.2) is 40.9 Å². The number of ether oxygens (including phenoxy) is 1. The molecule has 1 N–H and O–H groups in total. The number of amides is 2. The number of imide groups is 1. The van der Waals surface area contributed by atoms with Crippen molar-refractivity contribution in [3.05, 3.63) is 45.9 Å². The van der Waals surface area contributed by atoms with Gasteiger partial charge < -0.3 is 10.1 Å². The number of carbonyl (C=O) groups is 2. The Morgan fingerprint density at radius 3 is 2.64 bits per heavy atom. The first-order valence-corrected chi connectivity index (χ1v) is 12.6. The molecule has 170 valence electrons. The topological polar surface area (TPSA) is 71.5 Å². The number of aryl methyl sites for hydroxylation is 1. The Hall–Kier alpha value is -2.48. The lowest BCUT2D eigenvalue weighted by Crippen LogP contribution is -2.59. The number of nitrogens with one attached hydrogen (secondary N) is 1. The van der Waals surface area contributed by atoms with Crippen molar-refractivity contribution in [1.29, 1.82) is 0 Å². The van der Waals surface area contributed by atoms with Crippen LogP contribution < -0.4 is 10.1 Å². The average Bonchev–Trinajstić information content (AvgIpc) is 3.36. The molecule has 4 heterocycles. The third-order valence-corrected chi connectivity index (χ3v) is 8.42. The van der Waals surface area contributed by atoms with Gasteiger partial charge in [-0.2, -0.15) is 0 Å². The van der Waals surface area contributed by atoms with Gasteiger partial charge >= 0.3 is 0 Å². The van der Waals surface area contributed by atoms with E-state index < -0.39 is 0 Å². The molecule has 33 heavy (non-hydrogen) atoms. The van der Waals surface area contributed by atoms with E-state index >= 15 is 0 Å². The van der Waals surface area contributed by atoms with E-state index in [9.17, 15) is 9.59 Å². The summed E-state index contributed by atoms with van der Waals surface area (Å²) in [6, 6.07) is 7.90. The van der Waals surface area contributed by atoms with E-state index in [0.29, 0.717) is 36.2 Å². The van der Waals surface area contributed by atoms with Gasteiger partial charge in [-0.15, -0.1) is 11.3 Å². The Kier molecular flexibility index (Phi) is 5.16. The molecule has 3 aliphatic rings. The maximum absolute atomic E-state index is 12.1. The number of piperidine rings is 2. The van der Waals surface area contributed by atoms with Gasteiger partial charge in [0.05, 0.1) is 16.8 Å². The van der Waals surface area contributed by atoms with Crippen LogP contribution in [-0.2, 0) is 16.1 Å². The fourth-order valence-electron chi connectivity index (χ4n) is 5.35. The minimum absolute atomic E-state index is 0.104. The second-order valence-electron chi connectivity index (χ2n) is 9.26. The second kappa shape index (κ2) is 8.08. The summed E-state index contributed by atoms with van der Waals surface area (Å²) >= 11 is 8.06. The number of carbonyl (C=O) groups excluding carboxylic acids is 2. The molecule has 2 atom stereocenters. The van der Waals surface area contributed by atoms with E-state index in [1.165, 1.54) is 11.3 Å². The highest BCUT2D eigenvalue weighted by Gasteiger charge is 2.46. The number of fused-ring (bicyclic) bond motifs is 3. The van der Waals surface area contributed by atoms with Crippen molar-refractivity contribution >= 4 is 45.0 Å². The van der Waals surface area contributed by atoms with Crippen molar-refractivity contribution in [2.24, 2.45) is 11.8 Å². The minimum Gasteiger partial charge on any atom is -0.489 e. The summed E-state index contributed by atoms with van der Waals surface area (Å²) in [5.74, 6) is 1.77. The summed E-state index contributed by atoms with van der Waals surface area (Å²) in [4.78, 5) is 31.0. The molecular weight excluding hydrogens is 458 g/mol. The molecule has 1 saturated carbocycles. The molecule has 0 spiro atoms. The van der Waals surface area contributed by atoms with E-state index in [0.717, 1.165) is 50.6 Å². The Balaban J connectivity index is 1.39. The van der Waals surface area contributed by atoms with Crippen molar-refractivity contribution in [1.82, 2.24) is 15.2 Å². The fourth-order valence-corrected chi connectivity index (χ4v) is 6.75. The smallest absolute Gasteiger partial charge is 0.230 e. The Labute approximate surface area is 200 Å². The van der Waals surface area contributed by atoms with Gasteiger partial charge in [-0.1, -0.05) is 11.6 Å². The van der Waals surface area contributed by atoms with Crippen LogP contribution in [0.1, 0.15) is 29.7 Å². The largest absolute Gasteiger partial charge is 0.489 e. The van der Waals surface area contributed by atoms with Crippen LogP contribution in [0.2, 0.25) is 5.02 Å². The molecule has 2 amide bonds. The van der Waals surface area contributed by atoms with Gasteiger partial charge in [0.1, 0.15) is 11.9 Å². The monoisotopic (exact) mass is 481 g/mol. The quantitative estimate of drug-likeness (QED) is 0.541. The lowest BCUT2D eigenvalue weighted by Gasteiger charge is -2.49. The van der Waals surface area contributed by atoms with Crippen LogP contribution in [0.4, 0.5) is 0 Å². The van der Waals surface area contributed by atoms with Crippen LogP contribution in [0, 0.1) is 18.8 Å². The Bertz CT molecular complexity index is 1260. The van der Waals surface area contributed by atoms with Crippen LogP contribution in [0.25, 0.3) is 21.3 Å². The number of nitrogens with zero attached hydrogens (tertiary/aromatic N) is 2.